The lowest BCUT2D eigenvalue weighted by molar-refractivity contribution is 0.248. The molecule has 4 nitrogen and oxygen atoms in total. The normalized spacial score (nSPS) is 13.0. The van der Waals surface area contributed by atoms with Crippen molar-refractivity contribution in [2.45, 2.75) is 33.4 Å². The van der Waals surface area contributed by atoms with Gasteiger partial charge < -0.3 is 4.42 Å². The summed E-state index contributed by atoms with van der Waals surface area (Å²) in [5, 5.41) is 7.32. The number of aryl methyl sites for hydroxylation is 2. The van der Waals surface area contributed by atoms with E-state index in [4.69, 9.17) is 4.42 Å². The van der Waals surface area contributed by atoms with Gasteiger partial charge in [-0.05, 0) is 39.3 Å². The Balaban J connectivity index is 1.75. The molecule has 3 rings (SSSR count). The van der Waals surface area contributed by atoms with Crippen LogP contribution in [0.15, 0.2) is 26.6 Å². The fourth-order valence-corrected chi connectivity index (χ4v) is 3.76. The molecule has 0 unspecified atom stereocenters. The SMILES string of the molecule is Cc1csc([C@H](C)N(C)Cc2nc(-c3ccsc3)oc2C)n1. The Labute approximate surface area is 138 Å². The molecule has 116 valence electrons. The summed E-state index contributed by atoms with van der Waals surface area (Å²) in [6.45, 7) is 6.93. The largest absolute Gasteiger partial charge is 0.441 e. The Morgan fingerprint density at radius 2 is 2.09 bits per heavy atom. The third-order valence-electron chi connectivity index (χ3n) is 3.72. The minimum Gasteiger partial charge on any atom is -0.441 e. The molecule has 0 fully saturated rings. The van der Waals surface area contributed by atoms with Crippen molar-refractivity contribution in [1.29, 1.82) is 0 Å². The number of hydrogen-bond acceptors (Lipinski definition) is 6. The van der Waals surface area contributed by atoms with E-state index in [0.29, 0.717) is 5.89 Å². The molecule has 1 atom stereocenters. The molecule has 22 heavy (non-hydrogen) atoms. The van der Waals surface area contributed by atoms with Crippen LogP contribution < -0.4 is 0 Å². The molecule has 0 saturated carbocycles. The van der Waals surface area contributed by atoms with E-state index in [0.717, 1.165) is 34.3 Å². The van der Waals surface area contributed by atoms with Gasteiger partial charge in [-0.2, -0.15) is 11.3 Å². The molecule has 6 heteroatoms. The monoisotopic (exact) mass is 333 g/mol. The number of aromatic nitrogens is 2. The lowest BCUT2D eigenvalue weighted by Crippen LogP contribution is -2.22. The Bertz CT molecular complexity index is 745. The quantitative estimate of drug-likeness (QED) is 0.680. The molecule has 3 aromatic heterocycles. The molecule has 0 amide bonds. The topological polar surface area (TPSA) is 42.2 Å². The molecule has 0 aromatic carbocycles. The number of thiazole rings is 1. The van der Waals surface area contributed by atoms with Crippen molar-refractivity contribution in [2.75, 3.05) is 7.05 Å². The van der Waals surface area contributed by atoms with Gasteiger partial charge >= 0.3 is 0 Å². The standard InChI is InChI=1S/C16H19N3OS2/c1-10-8-22-16(17-10)11(2)19(4)7-14-12(3)20-15(18-14)13-5-6-21-9-13/h5-6,8-9,11H,7H2,1-4H3/t11-/m0/s1. The molecule has 0 aliphatic heterocycles. The van der Waals surface area contributed by atoms with Gasteiger partial charge in [0, 0.05) is 28.6 Å². The van der Waals surface area contributed by atoms with Crippen LogP contribution in [0.1, 0.15) is 35.1 Å². The Morgan fingerprint density at radius 1 is 1.27 bits per heavy atom. The second-order valence-corrected chi connectivity index (χ2v) is 7.12. The summed E-state index contributed by atoms with van der Waals surface area (Å²) in [5.41, 5.74) is 3.12. The highest BCUT2D eigenvalue weighted by atomic mass is 32.1. The zero-order valence-corrected chi connectivity index (χ0v) is 14.8. The van der Waals surface area contributed by atoms with E-state index >= 15 is 0 Å². The number of thiophene rings is 1. The number of nitrogens with zero attached hydrogens (tertiary/aromatic N) is 3. The van der Waals surface area contributed by atoms with Crippen molar-refractivity contribution < 1.29 is 4.42 Å². The van der Waals surface area contributed by atoms with Crippen molar-refractivity contribution in [3.05, 3.63) is 44.4 Å². The minimum atomic E-state index is 0.263. The zero-order chi connectivity index (χ0) is 15.7. The predicted molar refractivity (Wildman–Crippen MR) is 91.3 cm³/mol. The van der Waals surface area contributed by atoms with Crippen LogP contribution in [-0.4, -0.2) is 21.9 Å². The number of hydrogen-bond donors (Lipinski definition) is 0. The molecule has 3 heterocycles. The van der Waals surface area contributed by atoms with Crippen LogP contribution in [0.2, 0.25) is 0 Å². The van der Waals surface area contributed by atoms with Gasteiger partial charge in [0.25, 0.3) is 0 Å². The predicted octanol–water partition coefficient (Wildman–Crippen LogP) is 4.67. The molecule has 3 aromatic rings. The fourth-order valence-electron chi connectivity index (χ4n) is 2.21. The van der Waals surface area contributed by atoms with Crippen molar-refractivity contribution >= 4 is 22.7 Å². The van der Waals surface area contributed by atoms with Crippen molar-refractivity contribution in [3.63, 3.8) is 0 Å². The molecule has 0 bridgehead atoms. The van der Waals surface area contributed by atoms with E-state index < -0.39 is 0 Å². The minimum absolute atomic E-state index is 0.263. The summed E-state index contributed by atoms with van der Waals surface area (Å²) >= 11 is 3.36. The average molecular weight is 333 g/mol. The first-order chi connectivity index (χ1) is 10.5. The van der Waals surface area contributed by atoms with Crippen LogP contribution in [0.4, 0.5) is 0 Å². The van der Waals surface area contributed by atoms with Gasteiger partial charge in [0.1, 0.15) is 10.8 Å². The first kappa shape index (κ1) is 15.4. The molecule has 0 N–H and O–H groups in total. The Kier molecular flexibility index (Phi) is 4.42. The molecular formula is C16H19N3OS2. The molecule has 0 aliphatic carbocycles. The van der Waals surface area contributed by atoms with Crippen molar-refractivity contribution in [3.8, 4) is 11.5 Å². The van der Waals surface area contributed by atoms with Crippen LogP contribution >= 0.6 is 22.7 Å². The summed E-state index contributed by atoms with van der Waals surface area (Å²) in [6, 6.07) is 2.30. The lowest BCUT2D eigenvalue weighted by atomic mass is 10.2. The highest BCUT2D eigenvalue weighted by Gasteiger charge is 2.19. The molecular weight excluding hydrogens is 314 g/mol. The Hall–Kier alpha value is -1.50. The van der Waals surface area contributed by atoms with Gasteiger partial charge in [-0.3, -0.25) is 4.90 Å². The van der Waals surface area contributed by atoms with E-state index in [1.54, 1.807) is 22.7 Å². The second kappa shape index (κ2) is 6.32. The van der Waals surface area contributed by atoms with E-state index in [1.165, 1.54) is 0 Å². The van der Waals surface area contributed by atoms with Crippen molar-refractivity contribution in [2.24, 2.45) is 0 Å². The van der Waals surface area contributed by atoms with E-state index in [1.807, 2.05) is 25.3 Å². The van der Waals surface area contributed by atoms with Crippen LogP contribution in [0.3, 0.4) is 0 Å². The van der Waals surface area contributed by atoms with Gasteiger partial charge in [-0.25, -0.2) is 9.97 Å². The smallest absolute Gasteiger partial charge is 0.227 e. The maximum atomic E-state index is 5.81. The van der Waals surface area contributed by atoms with E-state index in [-0.39, 0.29) is 6.04 Å². The molecule has 0 radical (unpaired) electrons. The molecule has 0 aliphatic rings. The van der Waals surface area contributed by atoms with Gasteiger partial charge in [0.15, 0.2) is 0 Å². The summed E-state index contributed by atoms with van der Waals surface area (Å²) in [6.07, 6.45) is 0. The fraction of sp³-hybridized carbons (Fsp3) is 0.375. The second-order valence-electron chi connectivity index (χ2n) is 5.45. The first-order valence-electron chi connectivity index (χ1n) is 7.15. The van der Waals surface area contributed by atoms with Gasteiger partial charge in [0.2, 0.25) is 5.89 Å². The van der Waals surface area contributed by atoms with E-state index in [9.17, 15) is 0 Å². The van der Waals surface area contributed by atoms with E-state index in [2.05, 4.69) is 39.6 Å². The third kappa shape index (κ3) is 3.14. The van der Waals surface area contributed by atoms with Crippen molar-refractivity contribution in [1.82, 2.24) is 14.9 Å². The summed E-state index contributed by atoms with van der Waals surface area (Å²) < 4.78 is 5.81. The molecule has 0 spiro atoms. The maximum Gasteiger partial charge on any atom is 0.227 e. The van der Waals surface area contributed by atoms with Crippen LogP contribution in [0.5, 0.6) is 0 Å². The van der Waals surface area contributed by atoms with Gasteiger partial charge in [-0.15, -0.1) is 11.3 Å². The third-order valence-corrected chi connectivity index (χ3v) is 5.53. The maximum absolute atomic E-state index is 5.81. The highest BCUT2D eigenvalue weighted by molar-refractivity contribution is 7.09. The average Bonchev–Trinajstić information content (AvgIpc) is 3.20. The molecule has 0 saturated heterocycles. The lowest BCUT2D eigenvalue weighted by Gasteiger charge is -2.21. The summed E-state index contributed by atoms with van der Waals surface area (Å²) in [5.74, 6) is 1.59. The first-order valence-corrected chi connectivity index (χ1v) is 8.98. The summed E-state index contributed by atoms with van der Waals surface area (Å²) in [7, 11) is 2.10. The van der Waals surface area contributed by atoms with Crippen LogP contribution in [-0.2, 0) is 6.54 Å². The van der Waals surface area contributed by atoms with Gasteiger partial charge in [-0.1, -0.05) is 0 Å². The van der Waals surface area contributed by atoms with Crippen LogP contribution in [0.25, 0.3) is 11.5 Å². The number of rotatable bonds is 5. The van der Waals surface area contributed by atoms with Crippen LogP contribution in [0, 0.1) is 13.8 Å². The van der Waals surface area contributed by atoms with Gasteiger partial charge in [0.05, 0.1) is 11.7 Å². The zero-order valence-electron chi connectivity index (χ0n) is 13.2. The number of oxazole rings is 1. The highest BCUT2D eigenvalue weighted by Crippen LogP contribution is 2.27. The summed E-state index contributed by atoms with van der Waals surface area (Å²) in [4.78, 5) is 11.5. The Morgan fingerprint density at radius 3 is 2.73 bits per heavy atom.